The smallest absolute Gasteiger partial charge is 0.229 e. The Morgan fingerprint density at radius 1 is 1.18 bits per heavy atom. The third-order valence-electron chi connectivity index (χ3n) is 3.96. The summed E-state index contributed by atoms with van der Waals surface area (Å²) in [6, 6.07) is 0.0379. The van der Waals surface area contributed by atoms with E-state index in [1.165, 1.54) is 0 Å². The summed E-state index contributed by atoms with van der Waals surface area (Å²) >= 11 is 0. The first kappa shape index (κ1) is 16.4. The number of hydrogen-bond donors (Lipinski definition) is 1. The highest BCUT2D eigenvalue weighted by atomic mass is 16.2. The fourth-order valence-corrected chi connectivity index (χ4v) is 2.59. The van der Waals surface area contributed by atoms with Gasteiger partial charge in [-0.3, -0.25) is 9.69 Å². The van der Waals surface area contributed by atoms with Crippen LogP contribution in [0, 0.1) is 0 Å². The summed E-state index contributed by atoms with van der Waals surface area (Å²) in [6.07, 6.45) is 0.949. The van der Waals surface area contributed by atoms with Gasteiger partial charge in [0, 0.05) is 47.2 Å². The molecule has 1 amide bonds. The zero-order valence-electron chi connectivity index (χ0n) is 13.8. The molecule has 0 spiro atoms. The van der Waals surface area contributed by atoms with Gasteiger partial charge in [-0.05, 0) is 13.3 Å². The number of aromatic nitrogens is 3. The molecule has 0 aromatic carbocycles. The Balaban J connectivity index is 2.14. The Labute approximate surface area is 131 Å². The van der Waals surface area contributed by atoms with Crippen LogP contribution in [0.15, 0.2) is 0 Å². The number of nitrogens with zero attached hydrogens (tertiary/aromatic N) is 6. The van der Waals surface area contributed by atoms with Crippen molar-refractivity contribution in [1.82, 2.24) is 24.8 Å². The van der Waals surface area contributed by atoms with Crippen molar-refractivity contribution in [2.75, 3.05) is 50.9 Å². The molecule has 0 unspecified atom stereocenters. The molecule has 0 aliphatic carbocycles. The van der Waals surface area contributed by atoms with Crippen molar-refractivity contribution >= 4 is 17.8 Å². The number of rotatable bonds is 3. The van der Waals surface area contributed by atoms with Crippen LogP contribution in [0.1, 0.15) is 32.1 Å². The van der Waals surface area contributed by atoms with E-state index in [0.717, 1.165) is 32.6 Å². The van der Waals surface area contributed by atoms with Gasteiger partial charge in [-0.15, -0.1) is 0 Å². The minimum absolute atomic E-state index is 0.0379. The quantitative estimate of drug-likeness (QED) is 0.849. The van der Waals surface area contributed by atoms with Gasteiger partial charge in [0.05, 0.1) is 6.04 Å². The predicted molar refractivity (Wildman–Crippen MR) is 85.4 cm³/mol. The summed E-state index contributed by atoms with van der Waals surface area (Å²) in [5.41, 5.74) is 5.80. The minimum Gasteiger partial charge on any atom is -0.368 e. The largest absolute Gasteiger partial charge is 0.368 e. The van der Waals surface area contributed by atoms with Crippen LogP contribution >= 0.6 is 0 Å². The van der Waals surface area contributed by atoms with Crippen molar-refractivity contribution < 1.29 is 4.79 Å². The third-order valence-corrected chi connectivity index (χ3v) is 3.96. The molecule has 1 saturated heterocycles. The zero-order valence-corrected chi connectivity index (χ0v) is 13.8. The van der Waals surface area contributed by atoms with E-state index < -0.39 is 0 Å². The van der Waals surface area contributed by atoms with Crippen LogP contribution in [0.5, 0.6) is 0 Å². The van der Waals surface area contributed by atoms with Crippen molar-refractivity contribution in [1.29, 1.82) is 0 Å². The normalized spacial score (nSPS) is 17.9. The summed E-state index contributed by atoms with van der Waals surface area (Å²) in [4.78, 5) is 30.4. The highest BCUT2D eigenvalue weighted by molar-refractivity contribution is 5.73. The predicted octanol–water partition coefficient (Wildman–Crippen LogP) is 0.135. The Bertz CT molecular complexity index is 534. The van der Waals surface area contributed by atoms with Gasteiger partial charge in [0.15, 0.2) is 5.82 Å². The Kier molecular flexibility index (Phi) is 5.12. The highest BCUT2D eigenvalue weighted by Crippen LogP contribution is 2.20. The van der Waals surface area contributed by atoms with Gasteiger partial charge < -0.3 is 15.5 Å². The molecule has 0 saturated carbocycles. The summed E-state index contributed by atoms with van der Waals surface area (Å²) < 4.78 is 0. The molecule has 8 heteroatoms. The van der Waals surface area contributed by atoms with Gasteiger partial charge in [-0.1, -0.05) is 0 Å². The van der Waals surface area contributed by atoms with Gasteiger partial charge in [0.1, 0.15) is 0 Å². The van der Waals surface area contributed by atoms with E-state index in [1.54, 1.807) is 6.92 Å². The van der Waals surface area contributed by atoms with Gasteiger partial charge >= 0.3 is 0 Å². The second kappa shape index (κ2) is 6.87. The Morgan fingerprint density at radius 2 is 1.91 bits per heavy atom. The maximum Gasteiger partial charge on any atom is 0.229 e. The molecule has 2 heterocycles. The first-order valence-electron chi connectivity index (χ1n) is 7.57. The molecule has 122 valence electrons. The zero-order chi connectivity index (χ0) is 16.3. The molecule has 1 aromatic heterocycles. The van der Waals surface area contributed by atoms with Crippen molar-refractivity contribution in [3.05, 3.63) is 5.82 Å². The van der Waals surface area contributed by atoms with E-state index in [9.17, 15) is 4.79 Å². The summed E-state index contributed by atoms with van der Waals surface area (Å²) in [5, 5.41) is 0. The molecule has 1 aliphatic rings. The molecule has 8 nitrogen and oxygen atoms in total. The fourth-order valence-electron chi connectivity index (χ4n) is 2.59. The number of hydrogen-bond acceptors (Lipinski definition) is 7. The molecule has 1 fully saturated rings. The van der Waals surface area contributed by atoms with Crippen LogP contribution in [0.25, 0.3) is 0 Å². The Hall–Kier alpha value is -1.96. The second-order valence-electron chi connectivity index (χ2n) is 5.82. The van der Waals surface area contributed by atoms with Crippen molar-refractivity contribution in [3.63, 3.8) is 0 Å². The van der Waals surface area contributed by atoms with E-state index >= 15 is 0 Å². The maximum atomic E-state index is 11.5. The summed E-state index contributed by atoms with van der Waals surface area (Å²) in [6.45, 7) is 6.95. The van der Waals surface area contributed by atoms with E-state index in [4.69, 9.17) is 5.73 Å². The molecule has 2 rings (SSSR count). The van der Waals surface area contributed by atoms with Gasteiger partial charge in [0.2, 0.25) is 17.8 Å². The fraction of sp³-hybridized carbons (Fsp3) is 0.714. The monoisotopic (exact) mass is 307 g/mol. The van der Waals surface area contributed by atoms with Gasteiger partial charge in [-0.2, -0.15) is 15.0 Å². The van der Waals surface area contributed by atoms with Crippen LogP contribution in [-0.4, -0.2) is 70.9 Å². The lowest BCUT2D eigenvalue weighted by Gasteiger charge is -2.27. The molecule has 2 N–H and O–H groups in total. The molecular weight excluding hydrogens is 282 g/mol. The maximum absolute atomic E-state index is 11.5. The molecule has 0 radical (unpaired) electrons. The van der Waals surface area contributed by atoms with E-state index in [1.807, 2.05) is 23.9 Å². The van der Waals surface area contributed by atoms with E-state index in [0.29, 0.717) is 11.8 Å². The molecule has 22 heavy (non-hydrogen) atoms. The standard InChI is InChI=1S/C14H25N7O/c1-10(12-16-13(15)18-14(17-12)19(3)4)20-6-5-7-21(9-8-20)11(2)22/h10H,5-9H2,1-4H3,(H2,15,16,17,18)/t10-/m1/s1. The summed E-state index contributed by atoms with van der Waals surface area (Å²) in [5.74, 6) is 1.61. The molecule has 1 aromatic rings. The van der Waals surface area contributed by atoms with Crippen molar-refractivity contribution in [2.45, 2.75) is 26.3 Å². The van der Waals surface area contributed by atoms with Gasteiger partial charge in [-0.25, -0.2) is 0 Å². The Morgan fingerprint density at radius 3 is 2.55 bits per heavy atom. The average molecular weight is 307 g/mol. The van der Waals surface area contributed by atoms with Crippen LogP contribution in [0.4, 0.5) is 11.9 Å². The van der Waals surface area contributed by atoms with Crippen LogP contribution < -0.4 is 10.6 Å². The van der Waals surface area contributed by atoms with Crippen LogP contribution in [0.3, 0.4) is 0 Å². The lowest BCUT2D eigenvalue weighted by Crippen LogP contribution is -2.35. The lowest BCUT2D eigenvalue weighted by molar-refractivity contribution is -0.128. The van der Waals surface area contributed by atoms with Crippen LogP contribution in [-0.2, 0) is 4.79 Å². The van der Waals surface area contributed by atoms with Crippen LogP contribution in [0.2, 0.25) is 0 Å². The minimum atomic E-state index is 0.0379. The third kappa shape index (κ3) is 3.82. The number of carbonyl (C=O) groups is 1. The number of nitrogens with two attached hydrogens (primary N) is 1. The van der Waals surface area contributed by atoms with Gasteiger partial charge in [0.25, 0.3) is 0 Å². The SMILES string of the molecule is CC(=O)N1CCCN([C@H](C)c2nc(N)nc(N(C)C)n2)CC1. The average Bonchev–Trinajstić information content (AvgIpc) is 2.71. The van der Waals surface area contributed by atoms with Crippen molar-refractivity contribution in [2.24, 2.45) is 0 Å². The number of carbonyl (C=O) groups excluding carboxylic acids is 1. The topological polar surface area (TPSA) is 91.5 Å². The number of nitrogen functional groups attached to an aromatic ring is 1. The van der Waals surface area contributed by atoms with Crippen molar-refractivity contribution in [3.8, 4) is 0 Å². The molecule has 1 aliphatic heterocycles. The summed E-state index contributed by atoms with van der Waals surface area (Å²) in [7, 11) is 3.75. The molecular formula is C14H25N7O. The highest BCUT2D eigenvalue weighted by Gasteiger charge is 2.23. The van der Waals surface area contributed by atoms with E-state index in [-0.39, 0.29) is 17.9 Å². The number of amides is 1. The lowest BCUT2D eigenvalue weighted by atomic mass is 10.2. The van der Waals surface area contributed by atoms with E-state index in [2.05, 4.69) is 26.8 Å². The second-order valence-corrected chi connectivity index (χ2v) is 5.82. The molecule has 1 atom stereocenters. The first-order chi connectivity index (χ1) is 10.4. The number of anilines is 2. The molecule has 0 bridgehead atoms. The first-order valence-corrected chi connectivity index (χ1v) is 7.57.